The van der Waals surface area contributed by atoms with Gasteiger partial charge >= 0.3 is 0 Å². The van der Waals surface area contributed by atoms with Gasteiger partial charge in [0.1, 0.15) is 6.61 Å². The van der Waals surface area contributed by atoms with E-state index in [0.29, 0.717) is 33.6 Å². The average Bonchev–Trinajstić information content (AvgIpc) is 2.52. The molecule has 0 saturated carbocycles. The van der Waals surface area contributed by atoms with Crippen LogP contribution in [-0.2, 0) is 6.61 Å². The highest BCUT2D eigenvalue weighted by Gasteiger charge is 2.10. The molecule has 0 aliphatic carbocycles. The normalized spacial score (nSPS) is 11.8. The number of carbonyl (C=O) groups is 1. The van der Waals surface area contributed by atoms with Gasteiger partial charge in [-0.25, -0.2) is 0 Å². The highest BCUT2D eigenvalue weighted by molar-refractivity contribution is 6.36. The second-order valence-electron chi connectivity index (χ2n) is 5.48. The smallest absolute Gasteiger partial charge is 0.251 e. The van der Waals surface area contributed by atoms with Crippen LogP contribution in [-0.4, -0.2) is 18.5 Å². The number of rotatable bonds is 6. The number of amides is 1. The lowest BCUT2D eigenvalue weighted by Crippen LogP contribution is -2.35. The van der Waals surface area contributed by atoms with E-state index in [4.69, 9.17) is 39.4 Å². The van der Waals surface area contributed by atoms with Crippen molar-refractivity contribution >= 4 is 34.8 Å². The number of hydrogen-bond donors (Lipinski definition) is 3. The lowest BCUT2D eigenvalue weighted by molar-refractivity contribution is 0.0951. The van der Waals surface area contributed by atoms with Crippen LogP contribution in [0.5, 0.6) is 5.75 Å². The van der Waals surface area contributed by atoms with Crippen LogP contribution in [0.25, 0.3) is 0 Å². The molecular formula is C17H19Cl2N3O2. The third-order valence-corrected chi connectivity index (χ3v) is 3.72. The second-order valence-corrected chi connectivity index (χ2v) is 6.32. The summed E-state index contributed by atoms with van der Waals surface area (Å²) in [6.45, 7) is 2.53. The zero-order chi connectivity index (χ0) is 17.7. The molecule has 1 atom stereocenters. The molecule has 2 aromatic carbocycles. The van der Waals surface area contributed by atoms with Crippen LogP contribution in [0, 0.1) is 0 Å². The molecule has 0 spiro atoms. The topological polar surface area (TPSA) is 90.4 Å². The van der Waals surface area contributed by atoms with Crippen molar-refractivity contribution in [2.45, 2.75) is 19.6 Å². The SMILES string of the molecule is C[C@@H](N)CNC(=O)c1ccc(COc2c(N)cc(Cl)cc2Cl)cc1. The predicted octanol–water partition coefficient (Wildman–Crippen LogP) is 3.23. The van der Waals surface area contributed by atoms with Crippen molar-refractivity contribution in [2.75, 3.05) is 12.3 Å². The van der Waals surface area contributed by atoms with Crippen LogP contribution in [0.1, 0.15) is 22.8 Å². The van der Waals surface area contributed by atoms with Gasteiger partial charge in [0.25, 0.3) is 5.91 Å². The summed E-state index contributed by atoms with van der Waals surface area (Å²) in [6, 6.07) is 10.1. The van der Waals surface area contributed by atoms with E-state index in [1.54, 1.807) is 36.4 Å². The van der Waals surface area contributed by atoms with Gasteiger partial charge in [-0.3, -0.25) is 4.79 Å². The molecule has 5 nitrogen and oxygen atoms in total. The first-order valence-electron chi connectivity index (χ1n) is 7.37. The average molecular weight is 368 g/mol. The van der Waals surface area contributed by atoms with Crippen LogP contribution < -0.4 is 21.5 Å². The number of carbonyl (C=O) groups excluding carboxylic acids is 1. The molecule has 0 heterocycles. The molecule has 128 valence electrons. The van der Waals surface area contributed by atoms with Gasteiger partial charge in [0.05, 0.1) is 10.7 Å². The summed E-state index contributed by atoms with van der Waals surface area (Å²) in [7, 11) is 0. The van der Waals surface area contributed by atoms with E-state index in [-0.39, 0.29) is 18.6 Å². The van der Waals surface area contributed by atoms with E-state index in [9.17, 15) is 4.79 Å². The van der Waals surface area contributed by atoms with E-state index >= 15 is 0 Å². The van der Waals surface area contributed by atoms with Crippen molar-refractivity contribution in [3.8, 4) is 5.75 Å². The molecule has 0 unspecified atom stereocenters. The molecule has 2 rings (SSSR count). The minimum Gasteiger partial charge on any atom is -0.485 e. The fraction of sp³-hybridized carbons (Fsp3) is 0.235. The van der Waals surface area contributed by atoms with Crippen molar-refractivity contribution in [2.24, 2.45) is 5.73 Å². The number of halogens is 2. The predicted molar refractivity (Wildman–Crippen MR) is 97.6 cm³/mol. The van der Waals surface area contributed by atoms with Crippen LogP contribution in [0.4, 0.5) is 5.69 Å². The number of nitrogens with two attached hydrogens (primary N) is 2. The third kappa shape index (κ3) is 5.03. The van der Waals surface area contributed by atoms with Gasteiger partial charge in [0.2, 0.25) is 0 Å². The molecule has 0 aliphatic heterocycles. The molecule has 0 radical (unpaired) electrons. The molecular weight excluding hydrogens is 349 g/mol. The zero-order valence-corrected chi connectivity index (χ0v) is 14.7. The molecule has 24 heavy (non-hydrogen) atoms. The summed E-state index contributed by atoms with van der Waals surface area (Å²) in [5, 5.41) is 3.56. The Balaban J connectivity index is 1.98. The van der Waals surface area contributed by atoms with E-state index in [1.807, 2.05) is 6.92 Å². The van der Waals surface area contributed by atoms with Crippen LogP contribution in [0.15, 0.2) is 36.4 Å². The zero-order valence-electron chi connectivity index (χ0n) is 13.2. The fourth-order valence-electron chi connectivity index (χ4n) is 2.00. The van der Waals surface area contributed by atoms with Gasteiger partial charge in [0.15, 0.2) is 5.75 Å². The van der Waals surface area contributed by atoms with Crippen LogP contribution in [0.3, 0.4) is 0 Å². The number of ether oxygens (including phenoxy) is 1. The van der Waals surface area contributed by atoms with Gasteiger partial charge in [-0.15, -0.1) is 0 Å². The third-order valence-electron chi connectivity index (χ3n) is 3.22. The van der Waals surface area contributed by atoms with Crippen LogP contribution in [0.2, 0.25) is 10.0 Å². The van der Waals surface area contributed by atoms with Crippen molar-refractivity contribution in [3.63, 3.8) is 0 Å². The Morgan fingerprint density at radius 3 is 2.50 bits per heavy atom. The Labute approximate surface area is 150 Å². The summed E-state index contributed by atoms with van der Waals surface area (Å²) in [5.74, 6) is 0.226. The standard InChI is InChI=1S/C17H19Cl2N3O2/c1-10(20)8-22-17(23)12-4-2-11(3-5-12)9-24-16-14(19)6-13(18)7-15(16)21/h2-7,10H,8-9,20-21H2,1H3,(H,22,23)/t10-/m1/s1. The lowest BCUT2D eigenvalue weighted by atomic mass is 10.1. The number of nitrogens with one attached hydrogen (secondary N) is 1. The first kappa shape index (κ1) is 18.4. The summed E-state index contributed by atoms with van der Waals surface area (Å²) in [6.07, 6.45) is 0. The largest absolute Gasteiger partial charge is 0.485 e. The maximum Gasteiger partial charge on any atom is 0.251 e. The fourth-order valence-corrected chi connectivity index (χ4v) is 2.56. The summed E-state index contributed by atoms with van der Waals surface area (Å²) in [4.78, 5) is 11.9. The molecule has 0 aliphatic rings. The number of benzene rings is 2. The van der Waals surface area contributed by atoms with E-state index < -0.39 is 0 Å². The summed E-state index contributed by atoms with van der Waals surface area (Å²) >= 11 is 11.9. The number of nitrogen functional groups attached to an aromatic ring is 1. The second kappa shape index (κ2) is 8.24. The van der Waals surface area contributed by atoms with Gasteiger partial charge in [-0.1, -0.05) is 35.3 Å². The molecule has 0 saturated heterocycles. The first-order chi connectivity index (χ1) is 11.4. The molecule has 7 heteroatoms. The van der Waals surface area contributed by atoms with Crippen molar-refractivity contribution < 1.29 is 9.53 Å². The van der Waals surface area contributed by atoms with Gasteiger partial charge in [-0.05, 0) is 36.8 Å². The van der Waals surface area contributed by atoms with Crippen molar-refractivity contribution in [1.29, 1.82) is 0 Å². The van der Waals surface area contributed by atoms with Crippen LogP contribution >= 0.6 is 23.2 Å². The Morgan fingerprint density at radius 2 is 1.92 bits per heavy atom. The molecule has 0 aromatic heterocycles. The van der Waals surface area contributed by atoms with E-state index in [0.717, 1.165) is 5.56 Å². The monoisotopic (exact) mass is 367 g/mol. The van der Waals surface area contributed by atoms with Gasteiger partial charge in [-0.2, -0.15) is 0 Å². The van der Waals surface area contributed by atoms with E-state index in [2.05, 4.69) is 5.32 Å². The molecule has 1 amide bonds. The Hall–Kier alpha value is -1.95. The summed E-state index contributed by atoms with van der Waals surface area (Å²) in [5.41, 5.74) is 13.3. The highest BCUT2D eigenvalue weighted by atomic mass is 35.5. The maximum atomic E-state index is 11.9. The van der Waals surface area contributed by atoms with E-state index in [1.165, 1.54) is 0 Å². The van der Waals surface area contributed by atoms with Crippen molar-refractivity contribution in [3.05, 3.63) is 57.6 Å². The Bertz CT molecular complexity index is 695. The number of anilines is 1. The minimum absolute atomic E-state index is 0.0868. The Kier molecular flexibility index (Phi) is 6.31. The molecule has 0 bridgehead atoms. The highest BCUT2D eigenvalue weighted by Crippen LogP contribution is 2.34. The molecule has 2 aromatic rings. The Morgan fingerprint density at radius 1 is 1.25 bits per heavy atom. The molecule has 0 fully saturated rings. The number of hydrogen-bond acceptors (Lipinski definition) is 4. The maximum absolute atomic E-state index is 11.9. The lowest BCUT2D eigenvalue weighted by Gasteiger charge is -2.12. The van der Waals surface area contributed by atoms with Crippen molar-refractivity contribution in [1.82, 2.24) is 5.32 Å². The van der Waals surface area contributed by atoms with Gasteiger partial charge < -0.3 is 21.5 Å². The quantitative estimate of drug-likeness (QED) is 0.683. The molecule has 5 N–H and O–H groups in total. The first-order valence-corrected chi connectivity index (χ1v) is 8.12. The summed E-state index contributed by atoms with van der Waals surface area (Å²) < 4.78 is 5.66. The van der Waals surface area contributed by atoms with Gasteiger partial charge in [0, 0.05) is 23.2 Å². The minimum atomic E-state index is -0.162.